The van der Waals surface area contributed by atoms with Gasteiger partial charge in [-0.2, -0.15) is 0 Å². The molecule has 0 fully saturated rings. The lowest BCUT2D eigenvalue weighted by Crippen LogP contribution is -2.33. The van der Waals surface area contributed by atoms with Gasteiger partial charge >= 0.3 is 5.69 Å². The van der Waals surface area contributed by atoms with Crippen LogP contribution in [0.5, 0.6) is 0 Å². The summed E-state index contributed by atoms with van der Waals surface area (Å²) in [6.07, 6.45) is 2.92. The first-order chi connectivity index (χ1) is 15.7. The predicted molar refractivity (Wildman–Crippen MR) is 121 cm³/mol. The van der Waals surface area contributed by atoms with E-state index in [0.29, 0.717) is 22.5 Å². The summed E-state index contributed by atoms with van der Waals surface area (Å²) in [5.41, 5.74) is 1.58. The van der Waals surface area contributed by atoms with Gasteiger partial charge in [-0.1, -0.05) is 18.2 Å². The lowest BCUT2D eigenvalue weighted by atomic mass is 9.85. The number of H-pyrrole nitrogens is 1. The van der Waals surface area contributed by atoms with E-state index < -0.39 is 28.9 Å². The highest BCUT2D eigenvalue weighted by molar-refractivity contribution is 6.06. The number of aromatic amines is 1. The lowest BCUT2D eigenvalue weighted by Gasteiger charge is -2.28. The third kappa shape index (κ3) is 4.52. The summed E-state index contributed by atoms with van der Waals surface area (Å²) in [5.74, 6) is -1.51. The first-order valence-corrected chi connectivity index (χ1v) is 10.2. The molecule has 33 heavy (non-hydrogen) atoms. The number of rotatable bonds is 4. The highest BCUT2D eigenvalue weighted by Crippen LogP contribution is 2.33. The number of hydrogen-bond acceptors (Lipinski definition) is 4. The average molecular weight is 448 g/mol. The van der Waals surface area contributed by atoms with Crippen molar-refractivity contribution < 1.29 is 14.0 Å². The summed E-state index contributed by atoms with van der Waals surface area (Å²) in [4.78, 5) is 52.6. The van der Waals surface area contributed by atoms with Crippen LogP contribution in [0.2, 0.25) is 0 Å². The van der Waals surface area contributed by atoms with Crippen molar-refractivity contribution in [3.05, 3.63) is 104 Å². The minimum absolute atomic E-state index is 0.0766. The number of anilines is 1. The second kappa shape index (κ2) is 8.70. The number of amides is 2. The molecule has 1 aliphatic rings. The van der Waals surface area contributed by atoms with E-state index in [-0.39, 0.29) is 12.3 Å². The minimum Gasteiger partial charge on any atom is -0.322 e. The van der Waals surface area contributed by atoms with Gasteiger partial charge in [-0.3, -0.25) is 23.9 Å². The van der Waals surface area contributed by atoms with Gasteiger partial charge in [-0.15, -0.1) is 0 Å². The average Bonchev–Trinajstić information content (AvgIpc) is 2.77. The molecule has 1 aromatic heterocycles. The SMILES string of the molecule is Cc1ccc(-n2ccc(=O)[nH]c2=O)cc1NC(=O)C1=CN(C)C(=O)CC1c1ccc(F)cc1. The summed E-state index contributed by atoms with van der Waals surface area (Å²) in [6.45, 7) is 1.80. The Morgan fingerprint density at radius 1 is 1.09 bits per heavy atom. The molecule has 0 bridgehead atoms. The van der Waals surface area contributed by atoms with Crippen LogP contribution in [0.4, 0.5) is 10.1 Å². The minimum atomic E-state index is -0.602. The zero-order valence-corrected chi connectivity index (χ0v) is 18.0. The number of aryl methyl sites for hydroxylation is 1. The third-order valence-electron chi connectivity index (χ3n) is 5.59. The number of carbonyl (C=O) groups excluding carboxylic acids is 2. The molecule has 0 saturated heterocycles. The molecule has 2 N–H and O–H groups in total. The maximum Gasteiger partial charge on any atom is 0.332 e. The van der Waals surface area contributed by atoms with Crippen molar-refractivity contribution >= 4 is 17.5 Å². The Morgan fingerprint density at radius 3 is 2.52 bits per heavy atom. The maximum atomic E-state index is 13.4. The fourth-order valence-corrected chi connectivity index (χ4v) is 3.72. The van der Waals surface area contributed by atoms with Crippen molar-refractivity contribution in [3.8, 4) is 5.69 Å². The smallest absolute Gasteiger partial charge is 0.322 e. The Balaban J connectivity index is 1.68. The molecule has 168 valence electrons. The van der Waals surface area contributed by atoms with E-state index in [2.05, 4.69) is 10.3 Å². The molecular weight excluding hydrogens is 427 g/mol. The second-order valence-electron chi connectivity index (χ2n) is 7.83. The first-order valence-electron chi connectivity index (χ1n) is 10.2. The molecule has 1 unspecified atom stereocenters. The van der Waals surface area contributed by atoms with Gasteiger partial charge in [0.2, 0.25) is 5.91 Å². The molecule has 2 amide bonds. The maximum absolute atomic E-state index is 13.4. The topological polar surface area (TPSA) is 104 Å². The Hall–Kier alpha value is -4.27. The van der Waals surface area contributed by atoms with E-state index in [1.165, 1.54) is 40.1 Å². The monoisotopic (exact) mass is 448 g/mol. The Bertz CT molecular complexity index is 1390. The summed E-state index contributed by atoms with van der Waals surface area (Å²) >= 11 is 0. The van der Waals surface area contributed by atoms with Crippen LogP contribution in [0.15, 0.2) is 76.1 Å². The van der Waals surface area contributed by atoms with Crippen LogP contribution in [0.25, 0.3) is 5.69 Å². The number of aromatic nitrogens is 2. The van der Waals surface area contributed by atoms with Crippen molar-refractivity contribution in [2.24, 2.45) is 0 Å². The molecular formula is C24H21FN4O4. The molecule has 0 aliphatic carbocycles. The lowest BCUT2D eigenvalue weighted by molar-refractivity contribution is -0.128. The van der Waals surface area contributed by atoms with Crippen LogP contribution in [-0.2, 0) is 9.59 Å². The fraction of sp³-hybridized carbons (Fsp3) is 0.167. The van der Waals surface area contributed by atoms with Crippen molar-refractivity contribution in [3.63, 3.8) is 0 Å². The van der Waals surface area contributed by atoms with Crippen molar-refractivity contribution in [2.75, 3.05) is 12.4 Å². The highest BCUT2D eigenvalue weighted by Gasteiger charge is 2.31. The molecule has 0 spiro atoms. The number of carbonyl (C=O) groups is 2. The molecule has 0 radical (unpaired) electrons. The van der Waals surface area contributed by atoms with Gasteiger partial charge in [0.1, 0.15) is 5.82 Å². The van der Waals surface area contributed by atoms with E-state index in [1.54, 1.807) is 44.3 Å². The molecule has 4 rings (SSSR count). The number of halogens is 1. The summed E-state index contributed by atoms with van der Waals surface area (Å²) in [5, 5.41) is 2.86. The van der Waals surface area contributed by atoms with Crippen LogP contribution in [0.3, 0.4) is 0 Å². The largest absolute Gasteiger partial charge is 0.332 e. The van der Waals surface area contributed by atoms with Gasteiger partial charge in [0.25, 0.3) is 11.5 Å². The van der Waals surface area contributed by atoms with E-state index in [1.807, 2.05) is 0 Å². The Kier molecular flexibility index (Phi) is 5.78. The Morgan fingerprint density at radius 2 is 1.82 bits per heavy atom. The van der Waals surface area contributed by atoms with Crippen molar-refractivity contribution in [1.82, 2.24) is 14.5 Å². The third-order valence-corrected chi connectivity index (χ3v) is 5.59. The molecule has 2 aromatic carbocycles. The molecule has 1 aliphatic heterocycles. The van der Waals surface area contributed by atoms with Crippen molar-refractivity contribution in [1.29, 1.82) is 0 Å². The normalized spacial score (nSPS) is 15.8. The highest BCUT2D eigenvalue weighted by atomic mass is 19.1. The standard InChI is InChI=1S/C24H21FN4O4/c1-14-3-8-17(29-10-9-21(30)27-24(29)33)11-20(14)26-23(32)19-13-28(2)22(31)12-18(19)15-4-6-16(25)7-5-15/h3-11,13,18H,12H2,1-2H3,(H,26,32)(H,27,30,33). The van der Waals surface area contributed by atoms with Crippen LogP contribution >= 0.6 is 0 Å². The first kappa shape index (κ1) is 21.9. The quantitative estimate of drug-likeness (QED) is 0.640. The van der Waals surface area contributed by atoms with Gasteiger partial charge in [0, 0.05) is 49.1 Å². The second-order valence-corrected chi connectivity index (χ2v) is 7.83. The summed E-state index contributed by atoms with van der Waals surface area (Å²) < 4.78 is 14.6. The molecule has 0 saturated carbocycles. The number of benzene rings is 2. The summed E-state index contributed by atoms with van der Waals surface area (Å²) in [7, 11) is 1.57. The van der Waals surface area contributed by atoms with Crippen LogP contribution in [-0.4, -0.2) is 33.3 Å². The van der Waals surface area contributed by atoms with E-state index in [9.17, 15) is 23.6 Å². The molecule has 8 nitrogen and oxygen atoms in total. The van der Waals surface area contributed by atoms with Gasteiger partial charge in [0.15, 0.2) is 0 Å². The van der Waals surface area contributed by atoms with Gasteiger partial charge in [0.05, 0.1) is 5.69 Å². The molecule has 3 aromatic rings. The van der Waals surface area contributed by atoms with E-state index in [4.69, 9.17) is 0 Å². The van der Waals surface area contributed by atoms with Crippen LogP contribution < -0.4 is 16.6 Å². The van der Waals surface area contributed by atoms with Crippen molar-refractivity contribution in [2.45, 2.75) is 19.3 Å². The molecule has 9 heteroatoms. The van der Waals surface area contributed by atoms with Crippen LogP contribution in [0.1, 0.15) is 23.5 Å². The van der Waals surface area contributed by atoms with Gasteiger partial charge in [-0.05, 0) is 42.3 Å². The Labute approximate surface area is 188 Å². The van der Waals surface area contributed by atoms with Crippen LogP contribution in [0, 0.1) is 12.7 Å². The zero-order chi connectivity index (χ0) is 23.7. The molecule has 2 heterocycles. The summed E-state index contributed by atoms with van der Waals surface area (Å²) in [6, 6.07) is 12.0. The molecule has 1 atom stereocenters. The van der Waals surface area contributed by atoms with Gasteiger partial charge < -0.3 is 10.2 Å². The van der Waals surface area contributed by atoms with Gasteiger partial charge in [-0.25, -0.2) is 9.18 Å². The van der Waals surface area contributed by atoms with E-state index in [0.717, 1.165) is 5.56 Å². The number of nitrogens with zero attached hydrogens (tertiary/aromatic N) is 2. The van der Waals surface area contributed by atoms with E-state index >= 15 is 0 Å². The number of hydrogen-bond donors (Lipinski definition) is 2. The zero-order valence-electron chi connectivity index (χ0n) is 18.0. The fourth-order valence-electron chi connectivity index (χ4n) is 3.72. The number of nitrogens with one attached hydrogen (secondary N) is 2. The predicted octanol–water partition coefficient (Wildman–Crippen LogP) is 2.44.